The molecule has 0 saturated carbocycles. The summed E-state index contributed by atoms with van der Waals surface area (Å²) in [4.78, 5) is 30.5. The zero-order valence-electron chi connectivity index (χ0n) is 5.40. The first-order chi connectivity index (χ1) is 4.95. The van der Waals surface area contributed by atoms with Gasteiger partial charge in [0.25, 0.3) is 11.8 Å². The molecule has 0 bridgehead atoms. The van der Waals surface area contributed by atoms with Gasteiger partial charge in [0.1, 0.15) is 5.57 Å². The molecule has 0 heterocycles. The highest BCUT2D eigenvalue weighted by Gasteiger charge is 2.12. The highest BCUT2D eigenvalue weighted by molar-refractivity contribution is 6.19. The molecule has 0 aliphatic rings. The molecule has 0 radical (unpaired) electrons. The number of rotatable bonds is 3. The lowest BCUT2D eigenvalue weighted by molar-refractivity contribution is -0.132. The highest BCUT2D eigenvalue weighted by atomic mass is 16.4. The number of primary amides is 2. The molecule has 0 fully saturated rings. The summed E-state index contributed by atoms with van der Waals surface area (Å²) in [5, 5.41) is 8.09. The number of nitrogens with two attached hydrogens (primary N) is 2. The molecular formula is C5H6N2O4. The van der Waals surface area contributed by atoms with Crippen LogP contribution in [0.3, 0.4) is 0 Å². The van der Waals surface area contributed by atoms with Crippen LogP contribution in [0, 0.1) is 0 Å². The van der Waals surface area contributed by atoms with Gasteiger partial charge < -0.3 is 16.6 Å². The third kappa shape index (κ3) is 2.99. The number of carbonyl (C=O) groups is 3. The van der Waals surface area contributed by atoms with Crippen LogP contribution in [-0.4, -0.2) is 22.9 Å². The molecule has 0 unspecified atom stereocenters. The van der Waals surface area contributed by atoms with Crippen molar-refractivity contribution in [2.24, 2.45) is 11.5 Å². The summed E-state index contributed by atoms with van der Waals surface area (Å²) in [6.45, 7) is 0. The van der Waals surface area contributed by atoms with Gasteiger partial charge in [-0.05, 0) is 0 Å². The summed E-state index contributed by atoms with van der Waals surface area (Å²) in [7, 11) is 0. The molecule has 0 aromatic heterocycles. The van der Waals surface area contributed by atoms with E-state index >= 15 is 0 Å². The van der Waals surface area contributed by atoms with E-state index in [0.29, 0.717) is 6.08 Å². The zero-order valence-corrected chi connectivity index (χ0v) is 5.40. The van der Waals surface area contributed by atoms with Crippen molar-refractivity contribution in [3.8, 4) is 0 Å². The van der Waals surface area contributed by atoms with Crippen LogP contribution in [-0.2, 0) is 14.4 Å². The smallest absolute Gasteiger partial charge is 0.329 e. The van der Waals surface area contributed by atoms with Gasteiger partial charge in [0.05, 0.1) is 0 Å². The van der Waals surface area contributed by atoms with Crippen LogP contribution < -0.4 is 11.5 Å². The zero-order chi connectivity index (χ0) is 9.02. The van der Waals surface area contributed by atoms with Crippen molar-refractivity contribution >= 4 is 17.8 Å². The van der Waals surface area contributed by atoms with E-state index in [1.54, 1.807) is 0 Å². The summed E-state index contributed by atoms with van der Waals surface area (Å²) in [5.41, 5.74) is 8.50. The van der Waals surface area contributed by atoms with E-state index in [9.17, 15) is 14.4 Å². The van der Waals surface area contributed by atoms with E-state index in [-0.39, 0.29) is 0 Å². The second-order valence-electron chi connectivity index (χ2n) is 1.62. The van der Waals surface area contributed by atoms with Crippen LogP contribution in [0.15, 0.2) is 11.6 Å². The van der Waals surface area contributed by atoms with Crippen LogP contribution in [0.5, 0.6) is 0 Å². The summed E-state index contributed by atoms with van der Waals surface area (Å²) in [5.74, 6) is -3.75. The van der Waals surface area contributed by atoms with Crippen LogP contribution >= 0.6 is 0 Å². The normalized spacial score (nSPS) is 8.36. The van der Waals surface area contributed by atoms with E-state index < -0.39 is 23.4 Å². The fraction of sp³-hybridized carbons (Fsp3) is 0. The third-order valence-electron chi connectivity index (χ3n) is 0.799. The lowest BCUT2D eigenvalue weighted by Crippen LogP contribution is -2.26. The van der Waals surface area contributed by atoms with Gasteiger partial charge in [0.15, 0.2) is 0 Å². The molecule has 2 amide bonds. The molecule has 0 aliphatic heterocycles. The van der Waals surface area contributed by atoms with Gasteiger partial charge in [0, 0.05) is 6.08 Å². The Labute approximate surface area is 61.5 Å². The van der Waals surface area contributed by atoms with Gasteiger partial charge in [-0.3, -0.25) is 9.59 Å². The number of hydrogen-bond donors (Lipinski definition) is 3. The van der Waals surface area contributed by atoms with Crippen molar-refractivity contribution in [3.05, 3.63) is 11.6 Å². The van der Waals surface area contributed by atoms with Crippen LogP contribution in [0.1, 0.15) is 0 Å². The number of carboxylic acids is 1. The largest absolute Gasteiger partial charge is 0.478 e. The molecule has 0 aromatic carbocycles. The number of aliphatic carboxylic acids is 1. The third-order valence-corrected chi connectivity index (χ3v) is 0.799. The first-order valence-corrected chi connectivity index (χ1v) is 2.49. The Morgan fingerprint density at radius 1 is 1.09 bits per heavy atom. The van der Waals surface area contributed by atoms with Crippen LogP contribution in [0.2, 0.25) is 0 Å². The average molecular weight is 158 g/mol. The van der Waals surface area contributed by atoms with E-state index in [1.807, 2.05) is 0 Å². The Kier molecular flexibility index (Phi) is 2.79. The fourth-order valence-electron chi connectivity index (χ4n) is 0.387. The maximum Gasteiger partial charge on any atom is 0.329 e. The van der Waals surface area contributed by atoms with E-state index in [0.717, 1.165) is 0 Å². The first-order valence-electron chi connectivity index (χ1n) is 2.49. The van der Waals surface area contributed by atoms with Crippen molar-refractivity contribution in [1.82, 2.24) is 0 Å². The van der Waals surface area contributed by atoms with Crippen LogP contribution in [0.25, 0.3) is 0 Å². The predicted molar refractivity (Wildman–Crippen MR) is 34.1 cm³/mol. The molecule has 0 rings (SSSR count). The Bertz CT molecular complexity index is 227. The van der Waals surface area contributed by atoms with Gasteiger partial charge in [-0.25, -0.2) is 4.79 Å². The lowest BCUT2D eigenvalue weighted by Gasteiger charge is -1.93. The molecule has 0 atom stereocenters. The van der Waals surface area contributed by atoms with Crippen LogP contribution in [0.4, 0.5) is 0 Å². The summed E-state index contributed by atoms with van der Waals surface area (Å²) in [6.07, 6.45) is 0.366. The molecular weight excluding hydrogens is 152 g/mol. The van der Waals surface area contributed by atoms with Crippen molar-refractivity contribution in [2.75, 3.05) is 0 Å². The molecule has 11 heavy (non-hydrogen) atoms. The van der Waals surface area contributed by atoms with Crippen molar-refractivity contribution in [2.45, 2.75) is 0 Å². The van der Waals surface area contributed by atoms with E-state index in [4.69, 9.17) is 5.11 Å². The van der Waals surface area contributed by atoms with Gasteiger partial charge in [0.2, 0.25) is 0 Å². The predicted octanol–water partition coefficient (Wildman–Crippen LogP) is -2.03. The summed E-state index contributed by atoms with van der Waals surface area (Å²) >= 11 is 0. The number of hydrogen-bond acceptors (Lipinski definition) is 3. The maximum atomic E-state index is 10.3. The second-order valence-corrected chi connectivity index (χ2v) is 1.62. The topological polar surface area (TPSA) is 123 Å². The molecule has 0 aliphatic carbocycles. The van der Waals surface area contributed by atoms with Gasteiger partial charge >= 0.3 is 5.97 Å². The summed E-state index contributed by atoms with van der Waals surface area (Å²) in [6, 6.07) is 0. The number of carboxylic acid groups (broad SMARTS) is 1. The average Bonchev–Trinajstić information content (AvgIpc) is 1.81. The molecule has 0 saturated heterocycles. The minimum atomic E-state index is -1.45. The Hall–Kier alpha value is -1.85. The Balaban J connectivity index is 4.75. The van der Waals surface area contributed by atoms with Gasteiger partial charge in [-0.1, -0.05) is 0 Å². The summed E-state index contributed by atoms with van der Waals surface area (Å²) < 4.78 is 0. The van der Waals surface area contributed by atoms with Gasteiger partial charge in [-0.15, -0.1) is 0 Å². The minimum absolute atomic E-state index is 0.366. The monoisotopic (exact) mass is 158 g/mol. The number of amides is 2. The van der Waals surface area contributed by atoms with E-state index in [2.05, 4.69) is 11.5 Å². The minimum Gasteiger partial charge on any atom is -0.478 e. The quantitative estimate of drug-likeness (QED) is 0.249. The first kappa shape index (κ1) is 9.15. The van der Waals surface area contributed by atoms with E-state index in [1.165, 1.54) is 0 Å². The van der Waals surface area contributed by atoms with Gasteiger partial charge in [-0.2, -0.15) is 0 Å². The Morgan fingerprint density at radius 2 is 1.45 bits per heavy atom. The highest BCUT2D eigenvalue weighted by Crippen LogP contribution is 1.90. The molecule has 60 valence electrons. The van der Waals surface area contributed by atoms with Crippen molar-refractivity contribution in [3.63, 3.8) is 0 Å². The molecule has 0 spiro atoms. The SMILES string of the molecule is NC(=O)C(=CC(=O)O)C(N)=O. The standard InChI is InChI=1S/C5H6N2O4/c6-4(10)2(5(7)11)1-3(8)9/h1H,(H2,6,10)(H2,7,11)(H,8,9). The second kappa shape index (κ2) is 3.35. The molecule has 5 N–H and O–H groups in total. The lowest BCUT2D eigenvalue weighted by atomic mass is 10.2. The molecule has 0 aromatic rings. The molecule has 6 nitrogen and oxygen atoms in total. The molecule has 6 heteroatoms. The van der Waals surface area contributed by atoms with Crippen molar-refractivity contribution < 1.29 is 19.5 Å². The number of carbonyl (C=O) groups excluding carboxylic acids is 2. The van der Waals surface area contributed by atoms with Crippen molar-refractivity contribution in [1.29, 1.82) is 0 Å². The fourth-order valence-corrected chi connectivity index (χ4v) is 0.387. The Morgan fingerprint density at radius 3 is 1.55 bits per heavy atom. The maximum absolute atomic E-state index is 10.3.